The standard InChI is InChI=1S/C8H12N2O4S/c1-2-5-15(13,14)10-6-3-4-7(11)9-8(6)12/h2,6,10H,1,3-5H2,(H,9,11,12). The second-order valence-electron chi connectivity index (χ2n) is 3.19. The molecule has 1 aliphatic rings. The maximum absolute atomic E-state index is 11.3. The van der Waals surface area contributed by atoms with E-state index in [2.05, 4.69) is 16.6 Å². The molecule has 15 heavy (non-hydrogen) atoms. The maximum atomic E-state index is 11.3. The van der Waals surface area contributed by atoms with Gasteiger partial charge in [-0.25, -0.2) is 13.1 Å². The molecule has 84 valence electrons. The summed E-state index contributed by atoms with van der Waals surface area (Å²) in [6, 6.07) is -0.854. The smallest absolute Gasteiger partial charge is 0.244 e. The molecular weight excluding hydrogens is 220 g/mol. The van der Waals surface area contributed by atoms with Crippen LogP contribution in [0, 0.1) is 0 Å². The molecule has 7 heteroatoms. The quantitative estimate of drug-likeness (QED) is 0.475. The van der Waals surface area contributed by atoms with Gasteiger partial charge in [-0.3, -0.25) is 14.9 Å². The Bertz CT molecular complexity index is 387. The van der Waals surface area contributed by atoms with Gasteiger partial charge in [0.15, 0.2) is 0 Å². The highest BCUT2D eigenvalue weighted by Gasteiger charge is 2.29. The monoisotopic (exact) mass is 232 g/mol. The molecule has 1 atom stereocenters. The van der Waals surface area contributed by atoms with Crippen LogP contribution in [-0.2, 0) is 19.6 Å². The Hall–Kier alpha value is -1.21. The van der Waals surface area contributed by atoms with Crippen molar-refractivity contribution in [3.63, 3.8) is 0 Å². The van der Waals surface area contributed by atoms with E-state index in [-0.39, 0.29) is 24.5 Å². The van der Waals surface area contributed by atoms with Crippen LogP contribution in [0.1, 0.15) is 12.8 Å². The van der Waals surface area contributed by atoms with Gasteiger partial charge in [-0.05, 0) is 6.42 Å². The van der Waals surface area contributed by atoms with Gasteiger partial charge in [-0.15, -0.1) is 6.58 Å². The zero-order valence-corrected chi connectivity index (χ0v) is 8.84. The van der Waals surface area contributed by atoms with Crippen LogP contribution in [0.3, 0.4) is 0 Å². The Morgan fingerprint density at radius 1 is 1.53 bits per heavy atom. The van der Waals surface area contributed by atoms with Crippen molar-refractivity contribution in [2.45, 2.75) is 18.9 Å². The number of carbonyl (C=O) groups is 2. The van der Waals surface area contributed by atoms with Crippen LogP contribution >= 0.6 is 0 Å². The molecule has 1 saturated heterocycles. The van der Waals surface area contributed by atoms with E-state index in [1.54, 1.807) is 0 Å². The lowest BCUT2D eigenvalue weighted by Gasteiger charge is -2.21. The first-order chi connectivity index (χ1) is 6.94. The zero-order chi connectivity index (χ0) is 11.5. The van der Waals surface area contributed by atoms with Crippen LogP contribution in [0.25, 0.3) is 0 Å². The molecule has 0 aromatic rings. The molecular formula is C8H12N2O4S. The third-order valence-electron chi connectivity index (χ3n) is 1.90. The predicted octanol–water partition coefficient (Wildman–Crippen LogP) is -1.10. The Kier molecular flexibility index (Phi) is 3.59. The molecule has 2 N–H and O–H groups in total. The van der Waals surface area contributed by atoms with E-state index in [0.717, 1.165) is 0 Å². The van der Waals surface area contributed by atoms with E-state index >= 15 is 0 Å². The molecule has 0 saturated carbocycles. The largest absolute Gasteiger partial charge is 0.295 e. The molecule has 0 aromatic carbocycles. The SMILES string of the molecule is C=CCS(=O)(=O)NC1CCC(=O)NC1=O. The lowest BCUT2D eigenvalue weighted by molar-refractivity contribution is -0.134. The van der Waals surface area contributed by atoms with E-state index in [1.165, 1.54) is 6.08 Å². The van der Waals surface area contributed by atoms with Gasteiger partial charge in [0.25, 0.3) is 0 Å². The molecule has 6 nitrogen and oxygen atoms in total. The lowest BCUT2D eigenvalue weighted by Crippen LogP contribution is -2.52. The van der Waals surface area contributed by atoms with Crippen molar-refractivity contribution in [2.75, 3.05) is 5.75 Å². The number of hydrogen-bond donors (Lipinski definition) is 2. The minimum absolute atomic E-state index is 0.146. The summed E-state index contributed by atoms with van der Waals surface area (Å²) in [6.45, 7) is 3.30. The third kappa shape index (κ3) is 3.45. The van der Waals surface area contributed by atoms with Gasteiger partial charge in [0, 0.05) is 6.42 Å². The van der Waals surface area contributed by atoms with Crippen molar-refractivity contribution < 1.29 is 18.0 Å². The molecule has 0 aromatic heterocycles. The number of amides is 2. The van der Waals surface area contributed by atoms with E-state index in [0.29, 0.717) is 0 Å². The highest BCUT2D eigenvalue weighted by atomic mass is 32.2. The zero-order valence-electron chi connectivity index (χ0n) is 8.02. The summed E-state index contributed by atoms with van der Waals surface area (Å²) in [5.41, 5.74) is 0. The van der Waals surface area contributed by atoms with Gasteiger partial charge < -0.3 is 0 Å². The molecule has 0 bridgehead atoms. The Morgan fingerprint density at radius 3 is 2.73 bits per heavy atom. The second-order valence-corrected chi connectivity index (χ2v) is 4.99. The van der Waals surface area contributed by atoms with Crippen LogP contribution in [0.2, 0.25) is 0 Å². The summed E-state index contributed by atoms with van der Waals surface area (Å²) in [5, 5.41) is 2.06. The van der Waals surface area contributed by atoms with Gasteiger partial charge >= 0.3 is 0 Å². The van der Waals surface area contributed by atoms with Crippen LogP contribution in [-0.4, -0.2) is 32.0 Å². The molecule has 0 radical (unpaired) electrons. The van der Waals surface area contributed by atoms with Gasteiger partial charge in [0.05, 0.1) is 5.75 Å². The molecule has 1 heterocycles. The van der Waals surface area contributed by atoms with Crippen molar-refractivity contribution in [2.24, 2.45) is 0 Å². The first kappa shape index (κ1) is 11.9. The molecule has 1 rings (SSSR count). The van der Waals surface area contributed by atoms with Crippen molar-refractivity contribution in [1.82, 2.24) is 10.0 Å². The van der Waals surface area contributed by atoms with Crippen LogP contribution < -0.4 is 10.0 Å². The molecule has 0 aliphatic carbocycles. The summed E-state index contributed by atoms with van der Waals surface area (Å²) in [5.74, 6) is -1.22. The van der Waals surface area contributed by atoms with Crippen LogP contribution in [0.5, 0.6) is 0 Å². The molecule has 1 fully saturated rings. The van der Waals surface area contributed by atoms with E-state index in [9.17, 15) is 18.0 Å². The Balaban J connectivity index is 2.63. The fourth-order valence-electron chi connectivity index (χ4n) is 1.23. The van der Waals surface area contributed by atoms with Gasteiger partial charge in [0.2, 0.25) is 21.8 Å². The summed E-state index contributed by atoms with van der Waals surface area (Å²) in [7, 11) is -3.52. The lowest BCUT2D eigenvalue weighted by atomic mass is 10.1. The minimum Gasteiger partial charge on any atom is -0.295 e. The second kappa shape index (κ2) is 4.54. The number of sulfonamides is 1. The summed E-state index contributed by atoms with van der Waals surface area (Å²) in [4.78, 5) is 22.0. The van der Waals surface area contributed by atoms with Crippen molar-refractivity contribution >= 4 is 21.8 Å². The number of carbonyl (C=O) groups excluding carboxylic acids is 2. The number of piperidine rings is 1. The normalized spacial score (nSPS) is 22.3. The number of imide groups is 1. The fraction of sp³-hybridized carbons (Fsp3) is 0.500. The van der Waals surface area contributed by atoms with Crippen molar-refractivity contribution in [3.8, 4) is 0 Å². The van der Waals surface area contributed by atoms with E-state index in [1.807, 2.05) is 0 Å². The molecule has 2 amide bonds. The average Bonchev–Trinajstić information content (AvgIpc) is 2.09. The maximum Gasteiger partial charge on any atom is 0.244 e. The van der Waals surface area contributed by atoms with Crippen molar-refractivity contribution in [3.05, 3.63) is 12.7 Å². The van der Waals surface area contributed by atoms with Gasteiger partial charge in [-0.2, -0.15) is 0 Å². The first-order valence-electron chi connectivity index (χ1n) is 4.39. The minimum atomic E-state index is -3.52. The average molecular weight is 232 g/mol. The highest BCUT2D eigenvalue weighted by Crippen LogP contribution is 2.05. The number of hydrogen-bond acceptors (Lipinski definition) is 4. The fourth-order valence-corrected chi connectivity index (χ4v) is 2.29. The van der Waals surface area contributed by atoms with Crippen molar-refractivity contribution in [1.29, 1.82) is 0 Å². The van der Waals surface area contributed by atoms with Crippen LogP contribution in [0.4, 0.5) is 0 Å². The topological polar surface area (TPSA) is 92.3 Å². The summed E-state index contributed by atoms with van der Waals surface area (Å²) in [6.07, 6.45) is 1.57. The van der Waals surface area contributed by atoms with Gasteiger partial charge in [-0.1, -0.05) is 6.08 Å². The summed E-state index contributed by atoms with van der Waals surface area (Å²) >= 11 is 0. The third-order valence-corrected chi connectivity index (χ3v) is 3.22. The Morgan fingerprint density at radius 2 is 2.20 bits per heavy atom. The predicted molar refractivity (Wildman–Crippen MR) is 53.3 cm³/mol. The van der Waals surface area contributed by atoms with E-state index in [4.69, 9.17) is 0 Å². The number of nitrogens with one attached hydrogen (secondary N) is 2. The Labute approximate surface area is 87.8 Å². The van der Waals surface area contributed by atoms with Gasteiger partial charge in [0.1, 0.15) is 6.04 Å². The van der Waals surface area contributed by atoms with E-state index < -0.39 is 22.0 Å². The number of rotatable bonds is 4. The molecule has 0 spiro atoms. The summed E-state index contributed by atoms with van der Waals surface area (Å²) < 4.78 is 24.8. The molecule has 1 unspecified atom stereocenters. The van der Waals surface area contributed by atoms with Crippen LogP contribution in [0.15, 0.2) is 12.7 Å². The highest BCUT2D eigenvalue weighted by molar-refractivity contribution is 7.89. The first-order valence-corrected chi connectivity index (χ1v) is 6.04. The molecule has 1 aliphatic heterocycles.